The summed E-state index contributed by atoms with van der Waals surface area (Å²) in [4.78, 5) is 6.01. The molecule has 4 heteroatoms. The topological polar surface area (TPSA) is 63.7 Å². The average molecular weight is 248 g/mol. The van der Waals surface area contributed by atoms with E-state index < -0.39 is 0 Å². The van der Waals surface area contributed by atoms with Crippen LogP contribution in [0.3, 0.4) is 0 Å². The fourth-order valence-electron chi connectivity index (χ4n) is 1.85. The summed E-state index contributed by atoms with van der Waals surface area (Å²) in [6.07, 6.45) is 3.63. The zero-order chi connectivity index (χ0) is 13.5. The number of para-hydroxylation sites is 1. The molecular weight excluding hydrogens is 236 g/mol. The average Bonchev–Trinajstić information content (AvgIpc) is 2.49. The quantitative estimate of drug-likeness (QED) is 0.834. The van der Waals surface area contributed by atoms with E-state index in [2.05, 4.69) is 17.1 Å². The lowest BCUT2D eigenvalue weighted by Gasteiger charge is -2.24. The predicted octanol–water partition coefficient (Wildman–Crippen LogP) is 3.01. The first kappa shape index (κ1) is 12.6. The molecular formula is C15H12N4. The Balaban J connectivity index is 2.44. The number of nitriles is 2. The number of pyridine rings is 1. The maximum atomic E-state index is 9.17. The summed E-state index contributed by atoms with van der Waals surface area (Å²) in [5.74, 6) is 0. The highest BCUT2D eigenvalue weighted by Crippen LogP contribution is 2.27. The highest BCUT2D eigenvalue weighted by molar-refractivity contribution is 5.68. The van der Waals surface area contributed by atoms with Crippen molar-refractivity contribution in [3.8, 4) is 12.1 Å². The van der Waals surface area contributed by atoms with Crippen LogP contribution in [0.5, 0.6) is 0 Å². The van der Waals surface area contributed by atoms with Gasteiger partial charge >= 0.3 is 0 Å². The van der Waals surface area contributed by atoms with Gasteiger partial charge in [-0.3, -0.25) is 4.98 Å². The van der Waals surface area contributed by atoms with Crippen molar-refractivity contribution in [3.05, 3.63) is 54.4 Å². The third kappa shape index (κ3) is 2.88. The van der Waals surface area contributed by atoms with E-state index in [9.17, 15) is 5.26 Å². The van der Waals surface area contributed by atoms with Gasteiger partial charge in [0, 0.05) is 18.4 Å². The Morgan fingerprint density at radius 3 is 2.58 bits per heavy atom. The van der Waals surface area contributed by atoms with Gasteiger partial charge < -0.3 is 4.90 Å². The minimum Gasteiger partial charge on any atom is -0.338 e. The minimum absolute atomic E-state index is 0.384. The Bertz CT molecular complexity index is 623. The van der Waals surface area contributed by atoms with Gasteiger partial charge in [-0.1, -0.05) is 18.2 Å². The molecule has 0 unspecified atom stereocenters. The number of hydrogen-bond donors (Lipinski definition) is 0. The van der Waals surface area contributed by atoms with Crippen molar-refractivity contribution < 1.29 is 0 Å². The van der Waals surface area contributed by atoms with Crippen LogP contribution in [0.15, 0.2) is 48.8 Å². The minimum atomic E-state index is 0.384. The molecule has 4 nitrogen and oxygen atoms in total. The molecule has 1 heterocycles. The zero-order valence-corrected chi connectivity index (χ0v) is 10.3. The summed E-state index contributed by atoms with van der Waals surface area (Å²) < 4.78 is 0. The Hall–Kier alpha value is -2.85. The van der Waals surface area contributed by atoms with Crippen LogP contribution in [0, 0.1) is 22.7 Å². The Morgan fingerprint density at radius 2 is 1.89 bits per heavy atom. The van der Waals surface area contributed by atoms with Crippen molar-refractivity contribution in [1.82, 2.24) is 4.98 Å². The molecule has 0 saturated carbocycles. The molecule has 0 saturated heterocycles. The lowest BCUT2D eigenvalue weighted by molar-refractivity contribution is 0.941. The predicted molar refractivity (Wildman–Crippen MR) is 72.6 cm³/mol. The van der Waals surface area contributed by atoms with Crippen molar-refractivity contribution >= 4 is 11.4 Å². The van der Waals surface area contributed by atoms with Crippen LogP contribution >= 0.6 is 0 Å². The third-order valence-corrected chi connectivity index (χ3v) is 2.73. The van der Waals surface area contributed by atoms with Crippen molar-refractivity contribution in [2.24, 2.45) is 0 Å². The van der Waals surface area contributed by atoms with Crippen LogP contribution in [0.2, 0.25) is 0 Å². The highest BCUT2D eigenvalue weighted by atomic mass is 15.1. The molecule has 0 bridgehead atoms. The Morgan fingerprint density at radius 1 is 1.11 bits per heavy atom. The SMILES string of the molecule is N#CCCN(c1ccccc1)c1cnccc1C#N. The maximum Gasteiger partial charge on any atom is 0.101 e. The molecule has 2 aromatic rings. The van der Waals surface area contributed by atoms with Crippen LogP contribution in [0.4, 0.5) is 11.4 Å². The van der Waals surface area contributed by atoms with Gasteiger partial charge in [-0.2, -0.15) is 10.5 Å². The largest absolute Gasteiger partial charge is 0.338 e. The molecule has 0 N–H and O–H groups in total. The van der Waals surface area contributed by atoms with Crippen LogP contribution < -0.4 is 4.90 Å². The molecule has 1 aromatic carbocycles. The second-order valence-corrected chi connectivity index (χ2v) is 3.90. The highest BCUT2D eigenvalue weighted by Gasteiger charge is 2.12. The summed E-state index contributed by atoms with van der Waals surface area (Å²) in [7, 11) is 0. The lowest BCUT2D eigenvalue weighted by Crippen LogP contribution is -2.19. The molecule has 0 aliphatic heterocycles. The second-order valence-electron chi connectivity index (χ2n) is 3.90. The molecule has 1 aromatic heterocycles. The van der Waals surface area contributed by atoms with Crippen molar-refractivity contribution in [1.29, 1.82) is 10.5 Å². The van der Waals surface area contributed by atoms with E-state index in [0.29, 0.717) is 18.5 Å². The van der Waals surface area contributed by atoms with E-state index in [1.807, 2.05) is 35.2 Å². The first-order chi connectivity index (χ1) is 9.36. The fourth-order valence-corrected chi connectivity index (χ4v) is 1.85. The zero-order valence-electron chi connectivity index (χ0n) is 10.3. The molecule has 0 spiro atoms. The molecule has 0 radical (unpaired) electrons. The molecule has 0 fully saturated rings. The van der Waals surface area contributed by atoms with Crippen LogP contribution in [0.25, 0.3) is 0 Å². The molecule has 19 heavy (non-hydrogen) atoms. The van der Waals surface area contributed by atoms with Crippen LogP contribution in [-0.4, -0.2) is 11.5 Å². The number of rotatable bonds is 4. The first-order valence-corrected chi connectivity index (χ1v) is 5.90. The van der Waals surface area contributed by atoms with Crippen molar-refractivity contribution in [2.75, 3.05) is 11.4 Å². The van der Waals surface area contributed by atoms with E-state index in [1.54, 1.807) is 18.5 Å². The van der Waals surface area contributed by atoms with Gasteiger partial charge in [0.2, 0.25) is 0 Å². The summed E-state index contributed by atoms with van der Waals surface area (Å²) >= 11 is 0. The lowest BCUT2D eigenvalue weighted by atomic mass is 10.2. The van der Waals surface area contributed by atoms with E-state index in [4.69, 9.17) is 5.26 Å². The van der Waals surface area contributed by atoms with E-state index in [0.717, 1.165) is 11.4 Å². The van der Waals surface area contributed by atoms with Crippen molar-refractivity contribution in [3.63, 3.8) is 0 Å². The molecule has 0 aliphatic rings. The molecule has 0 amide bonds. The number of nitrogens with zero attached hydrogens (tertiary/aromatic N) is 4. The Labute approximate surface area is 112 Å². The number of hydrogen-bond acceptors (Lipinski definition) is 4. The summed E-state index contributed by atoms with van der Waals surface area (Å²) in [5.41, 5.74) is 2.23. The van der Waals surface area contributed by atoms with Gasteiger partial charge in [-0.05, 0) is 18.2 Å². The monoisotopic (exact) mass is 248 g/mol. The first-order valence-electron chi connectivity index (χ1n) is 5.90. The van der Waals surface area contributed by atoms with Gasteiger partial charge in [0.15, 0.2) is 0 Å². The second kappa shape index (κ2) is 6.18. The van der Waals surface area contributed by atoms with E-state index in [1.165, 1.54) is 0 Å². The van der Waals surface area contributed by atoms with Gasteiger partial charge in [-0.25, -0.2) is 0 Å². The fraction of sp³-hybridized carbons (Fsp3) is 0.133. The molecule has 2 rings (SSSR count). The van der Waals surface area contributed by atoms with Gasteiger partial charge in [0.05, 0.1) is 29.9 Å². The van der Waals surface area contributed by atoms with Gasteiger partial charge in [0.1, 0.15) is 6.07 Å². The third-order valence-electron chi connectivity index (χ3n) is 2.73. The smallest absolute Gasteiger partial charge is 0.101 e. The number of anilines is 2. The number of aromatic nitrogens is 1. The normalized spacial score (nSPS) is 9.37. The molecule has 92 valence electrons. The van der Waals surface area contributed by atoms with E-state index in [-0.39, 0.29) is 0 Å². The maximum absolute atomic E-state index is 9.17. The number of benzene rings is 1. The summed E-state index contributed by atoms with van der Waals surface area (Å²) in [5, 5.41) is 17.9. The summed E-state index contributed by atoms with van der Waals surface area (Å²) in [6, 6.07) is 15.7. The summed E-state index contributed by atoms with van der Waals surface area (Å²) in [6.45, 7) is 0.529. The van der Waals surface area contributed by atoms with Crippen molar-refractivity contribution in [2.45, 2.75) is 6.42 Å². The van der Waals surface area contributed by atoms with Gasteiger partial charge in [-0.15, -0.1) is 0 Å². The standard InChI is InChI=1S/C15H12N4/c16-8-4-10-19(14-5-2-1-3-6-14)15-12-18-9-7-13(15)11-17/h1-3,5-7,9,12H,4,10H2. The molecule has 0 atom stereocenters. The van der Waals surface area contributed by atoms with Crippen LogP contribution in [-0.2, 0) is 0 Å². The Kier molecular flexibility index (Phi) is 4.10. The van der Waals surface area contributed by atoms with Crippen LogP contribution in [0.1, 0.15) is 12.0 Å². The van der Waals surface area contributed by atoms with Gasteiger partial charge in [0.25, 0.3) is 0 Å². The molecule has 0 aliphatic carbocycles. The van der Waals surface area contributed by atoms with E-state index >= 15 is 0 Å².